The monoisotopic (exact) mass is 227 g/mol. The maximum Gasteiger partial charge on any atom is 0.408 e. The molecule has 0 aliphatic carbocycles. The molecule has 0 aliphatic rings. The first kappa shape index (κ1) is 11.3. The van der Waals surface area contributed by atoms with E-state index >= 15 is 0 Å². The van der Waals surface area contributed by atoms with Gasteiger partial charge in [0.2, 0.25) is 0 Å². The second-order valence-corrected chi connectivity index (χ2v) is 3.01. The molecule has 0 radical (unpaired) electrons. The van der Waals surface area contributed by atoms with E-state index in [0.29, 0.717) is 17.8 Å². The first-order valence-electron chi connectivity index (χ1n) is 4.02. The quantitative estimate of drug-likeness (QED) is 0.741. The smallest absolute Gasteiger partial charge is 0.240 e. The van der Waals surface area contributed by atoms with E-state index in [-0.39, 0.29) is 5.88 Å². The molecule has 0 N–H and O–H groups in total. The number of hydrogen-bond donors (Lipinski definition) is 0. The maximum absolute atomic E-state index is 12.0. The molecule has 3 nitrogen and oxygen atoms in total. The van der Waals surface area contributed by atoms with E-state index in [1.807, 2.05) is 0 Å². The molecule has 0 unspecified atom stereocenters. The molecule has 0 fully saturated rings. The summed E-state index contributed by atoms with van der Waals surface area (Å²) in [4.78, 5) is 0. The first-order valence-corrected chi connectivity index (χ1v) is 4.55. The Balaban J connectivity index is 2.92. The van der Waals surface area contributed by atoms with Crippen LogP contribution in [0.25, 0.3) is 0 Å². The van der Waals surface area contributed by atoms with Crippen LogP contribution >= 0.6 is 11.6 Å². The van der Waals surface area contributed by atoms with Gasteiger partial charge < -0.3 is 0 Å². The van der Waals surface area contributed by atoms with Crippen LogP contribution in [-0.4, -0.2) is 21.2 Å². The van der Waals surface area contributed by atoms with Gasteiger partial charge in [-0.05, 0) is 6.42 Å². The van der Waals surface area contributed by atoms with Crippen molar-refractivity contribution < 1.29 is 13.2 Å². The molecule has 1 aromatic rings. The maximum atomic E-state index is 12.0. The van der Waals surface area contributed by atoms with Crippen LogP contribution in [0.5, 0.6) is 0 Å². The van der Waals surface area contributed by atoms with Gasteiger partial charge in [0.25, 0.3) is 0 Å². The number of alkyl halides is 4. The van der Waals surface area contributed by atoms with Crippen molar-refractivity contribution in [1.29, 1.82) is 0 Å². The third-order valence-corrected chi connectivity index (χ3v) is 1.96. The molecule has 1 aromatic heterocycles. The van der Waals surface area contributed by atoms with E-state index in [1.165, 1.54) is 0 Å². The lowest BCUT2D eigenvalue weighted by atomic mass is 10.3. The van der Waals surface area contributed by atoms with Gasteiger partial charge in [0.15, 0.2) is 0 Å². The summed E-state index contributed by atoms with van der Waals surface area (Å²) in [5.41, 5.74) is 0.857. The van der Waals surface area contributed by atoms with Crippen LogP contribution in [0.4, 0.5) is 13.2 Å². The van der Waals surface area contributed by atoms with Crippen molar-refractivity contribution in [2.24, 2.45) is 0 Å². The van der Waals surface area contributed by atoms with Crippen LogP contribution in [0.15, 0.2) is 0 Å². The van der Waals surface area contributed by atoms with Crippen molar-refractivity contribution >= 4 is 11.6 Å². The zero-order valence-corrected chi connectivity index (χ0v) is 8.23. The predicted molar refractivity (Wildman–Crippen MR) is 45.0 cm³/mol. The number of hydrogen-bond acceptors (Lipinski definition) is 2. The van der Waals surface area contributed by atoms with Crippen molar-refractivity contribution in [2.45, 2.75) is 31.9 Å². The van der Waals surface area contributed by atoms with E-state index in [0.717, 1.165) is 4.68 Å². The Morgan fingerprint density at radius 1 is 1.43 bits per heavy atom. The highest BCUT2D eigenvalue weighted by atomic mass is 35.5. The standard InChI is InChI=1S/C7H9ClF3N3/c1-2-6-5(3-8)12-13-14(6)4-7(9,10)11/h2-4H2,1H3. The summed E-state index contributed by atoms with van der Waals surface area (Å²) in [6, 6.07) is 0. The normalized spacial score (nSPS) is 12.1. The molecule has 0 saturated carbocycles. The van der Waals surface area contributed by atoms with Crippen LogP contribution in [0, 0.1) is 0 Å². The third kappa shape index (κ3) is 2.60. The molecular formula is C7H9ClF3N3. The molecule has 0 spiro atoms. The van der Waals surface area contributed by atoms with E-state index in [9.17, 15) is 13.2 Å². The van der Waals surface area contributed by atoms with Crippen molar-refractivity contribution in [2.75, 3.05) is 0 Å². The first-order chi connectivity index (χ1) is 6.48. The number of aromatic nitrogens is 3. The molecule has 0 bridgehead atoms. The van der Waals surface area contributed by atoms with Crippen molar-refractivity contribution in [3.05, 3.63) is 11.4 Å². The largest absolute Gasteiger partial charge is 0.408 e. The molecule has 0 amide bonds. The molecule has 1 heterocycles. The Bertz CT molecular complexity index is 308. The van der Waals surface area contributed by atoms with E-state index in [4.69, 9.17) is 11.6 Å². The molecule has 1 rings (SSSR count). The van der Waals surface area contributed by atoms with Gasteiger partial charge in [0, 0.05) is 0 Å². The van der Waals surface area contributed by atoms with Crippen LogP contribution in [0.1, 0.15) is 18.3 Å². The highest BCUT2D eigenvalue weighted by Gasteiger charge is 2.30. The zero-order valence-electron chi connectivity index (χ0n) is 7.47. The van der Waals surface area contributed by atoms with Crippen molar-refractivity contribution in [3.8, 4) is 0 Å². The summed E-state index contributed by atoms with van der Waals surface area (Å²) in [7, 11) is 0. The average Bonchev–Trinajstić information content (AvgIpc) is 2.43. The van der Waals surface area contributed by atoms with Gasteiger partial charge in [0.05, 0.1) is 11.6 Å². The van der Waals surface area contributed by atoms with E-state index < -0.39 is 12.7 Å². The Morgan fingerprint density at radius 3 is 2.50 bits per heavy atom. The number of rotatable bonds is 3. The van der Waals surface area contributed by atoms with Crippen LogP contribution in [0.2, 0.25) is 0 Å². The van der Waals surface area contributed by atoms with Gasteiger partial charge in [-0.1, -0.05) is 12.1 Å². The number of halogens is 4. The minimum atomic E-state index is -4.28. The second kappa shape index (κ2) is 4.16. The Labute approximate surface area is 83.9 Å². The van der Waals surface area contributed by atoms with E-state index in [1.54, 1.807) is 6.92 Å². The molecule has 14 heavy (non-hydrogen) atoms. The highest BCUT2D eigenvalue weighted by Crippen LogP contribution is 2.19. The topological polar surface area (TPSA) is 30.7 Å². The lowest BCUT2D eigenvalue weighted by Crippen LogP contribution is -2.20. The van der Waals surface area contributed by atoms with Crippen molar-refractivity contribution in [1.82, 2.24) is 15.0 Å². The fourth-order valence-corrected chi connectivity index (χ4v) is 1.36. The van der Waals surface area contributed by atoms with Crippen LogP contribution in [-0.2, 0) is 18.8 Å². The fraction of sp³-hybridized carbons (Fsp3) is 0.714. The van der Waals surface area contributed by atoms with Crippen LogP contribution < -0.4 is 0 Å². The summed E-state index contributed by atoms with van der Waals surface area (Å²) >= 11 is 5.50. The van der Waals surface area contributed by atoms with Gasteiger partial charge >= 0.3 is 6.18 Å². The molecule has 0 aliphatic heterocycles. The Kier molecular flexibility index (Phi) is 3.36. The molecule has 0 saturated heterocycles. The minimum Gasteiger partial charge on any atom is -0.240 e. The summed E-state index contributed by atoms with van der Waals surface area (Å²) in [6.45, 7) is 0.627. The molecule has 0 atom stereocenters. The minimum absolute atomic E-state index is 0.0844. The molecule has 7 heteroatoms. The van der Waals surface area contributed by atoms with E-state index in [2.05, 4.69) is 10.3 Å². The predicted octanol–water partition coefficient (Wildman–Crippen LogP) is 2.14. The summed E-state index contributed by atoms with van der Waals surface area (Å²) in [5.74, 6) is 0.0844. The number of nitrogens with zero attached hydrogens (tertiary/aromatic N) is 3. The Hall–Kier alpha value is -0.780. The fourth-order valence-electron chi connectivity index (χ4n) is 1.16. The summed E-state index contributed by atoms with van der Waals surface area (Å²) in [5, 5.41) is 6.98. The third-order valence-electron chi connectivity index (χ3n) is 1.71. The van der Waals surface area contributed by atoms with Gasteiger partial charge in [0.1, 0.15) is 12.2 Å². The lowest BCUT2D eigenvalue weighted by molar-refractivity contribution is -0.143. The Morgan fingerprint density at radius 2 is 2.07 bits per heavy atom. The van der Waals surface area contributed by atoms with Gasteiger partial charge in [-0.3, -0.25) is 0 Å². The van der Waals surface area contributed by atoms with Gasteiger partial charge in [-0.15, -0.1) is 16.7 Å². The lowest BCUT2D eigenvalue weighted by Gasteiger charge is -2.08. The summed E-state index contributed by atoms with van der Waals surface area (Å²) < 4.78 is 37.0. The van der Waals surface area contributed by atoms with Crippen LogP contribution in [0.3, 0.4) is 0 Å². The SMILES string of the molecule is CCc1c(CCl)nnn1CC(F)(F)F. The highest BCUT2D eigenvalue weighted by molar-refractivity contribution is 6.16. The zero-order chi connectivity index (χ0) is 10.8. The molecule has 80 valence electrons. The average molecular weight is 228 g/mol. The summed E-state index contributed by atoms with van der Waals surface area (Å²) in [6.07, 6.45) is -3.84. The second-order valence-electron chi connectivity index (χ2n) is 2.74. The molecular weight excluding hydrogens is 219 g/mol. The molecule has 0 aromatic carbocycles. The van der Waals surface area contributed by atoms with Gasteiger partial charge in [-0.2, -0.15) is 13.2 Å². The van der Waals surface area contributed by atoms with Gasteiger partial charge in [-0.25, -0.2) is 4.68 Å². The van der Waals surface area contributed by atoms with Crippen molar-refractivity contribution in [3.63, 3.8) is 0 Å².